The van der Waals surface area contributed by atoms with Gasteiger partial charge in [-0.1, -0.05) is 103 Å². The molecule has 0 atom stereocenters. The van der Waals surface area contributed by atoms with Crippen LogP contribution < -0.4 is 0 Å². The van der Waals surface area contributed by atoms with Crippen LogP contribution in [0, 0.1) is 0 Å². The second-order valence-corrected chi connectivity index (χ2v) is 13.7. The number of benzene rings is 7. The summed E-state index contributed by atoms with van der Waals surface area (Å²) in [5, 5.41) is 6.41. The molecule has 0 saturated heterocycles. The predicted octanol–water partition coefficient (Wildman–Crippen LogP) is 12.5. The first kappa shape index (κ1) is 28.3. The number of nitrogens with zero attached hydrogens (tertiary/aromatic N) is 3. The number of rotatable bonds is 4. The summed E-state index contributed by atoms with van der Waals surface area (Å²) in [4.78, 5) is 0. The first-order chi connectivity index (χ1) is 25.3. The van der Waals surface area contributed by atoms with Crippen molar-refractivity contribution in [3.8, 4) is 28.2 Å². The monoisotopic (exact) mass is 651 g/mol. The Morgan fingerprint density at radius 1 is 0.353 bits per heavy atom. The van der Waals surface area contributed by atoms with Crippen molar-refractivity contribution in [2.24, 2.45) is 0 Å². The molecule has 0 bridgehead atoms. The molecule has 3 heteroatoms. The van der Waals surface area contributed by atoms with E-state index in [2.05, 4.69) is 190 Å². The van der Waals surface area contributed by atoms with Gasteiger partial charge in [0.1, 0.15) is 0 Å². The third-order valence-electron chi connectivity index (χ3n) is 10.9. The molecule has 7 aromatic carbocycles. The van der Waals surface area contributed by atoms with Gasteiger partial charge in [-0.05, 0) is 102 Å². The van der Waals surface area contributed by atoms with Crippen LogP contribution in [0.3, 0.4) is 0 Å². The van der Waals surface area contributed by atoms with Gasteiger partial charge in [0.05, 0.1) is 27.6 Å². The van der Waals surface area contributed by atoms with Gasteiger partial charge in [0.15, 0.2) is 0 Å². The van der Waals surface area contributed by atoms with Gasteiger partial charge in [-0.2, -0.15) is 0 Å². The molecule has 3 nitrogen and oxygen atoms in total. The van der Waals surface area contributed by atoms with Gasteiger partial charge >= 0.3 is 0 Å². The maximum atomic E-state index is 2.48. The van der Waals surface area contributed by atoms with E-state index >= 15 is 0 Å². The number of fused-ring (bicyclic) bond motifs is 9. The number of allylic oxidation sites excluding steroid dienone is 1. The van der Waals surface area contributed by atoms with Crippen LogP contribution in [0.1, 0.15) is 17.7 Å². The van der Waals surface area contributed by atoms with Gasteiger partial charge in [0.2, 0.25) is 0 Å². The highest BCUT2D eigenvalue weighted by molar-refractivity contribution is 6.19. The first-order valence-electron chi connectivity index (χ1n) is 17.8. The zero-order valence-corrected chi connectivity index (χ0v) is 28.0. The van der Waals surface area contributed by atoms with Crippen LogP contribution in [0.25, 0.3) is 88.8 Å². The highest BCUT2D eigenvalue weighted by atomic mass is 15.0. The standard InChI is InChI=1S/C48H33N3/c1-3-14-32(15-4-1)33-16-13-19-35(28-33)50-44-24-11-7-20-37(44)40-29-36(26-27-46(40)50)51-45-25-12-9-22-39(45)42-30-41-38-21-8-10-23-43(38)49(47(41)31-48(42)51)34-17-5-2-6-18-34/h1-6,8-19,21-31H,7,20H2. The molecule has 1 aliphatic carbocycles. The van der Waals surface area contributed by atoms with E-state index in [1.807, 2.05) is 0 Å². The molecule has 0 unspecified atom stereocenters. The molecule has 3 heterocycles. The fraction of sp³-hybridized carbons (Fsp3) is 0.0417. The van der Waals surface area contributed by atoms with Crippen molar-refractivity contribution in [3.63, 3.8) is 0 Å². The van der Waals surface area contributed by atoms with Gasteiger partial charge in [-0.3, -0.25) is 0 Å². The summed E-state index contributed by atoms with van der Waals surface area (Å²) in [6, 6.07) is 60.0. The molecule has 0 fully saturated rings. The summed E-state index contributed by atoms with van der Waals surface area (Å²) < 4.78 is 7.36. The van der Waals surface area contributed by atoms with Crippen molar-refractivity contribution in [3.05, 3.63) is 181 Å². The van der Waals surface area contributed by atoms with Crippen LogP contribution in [0.4, 0.5) is 0 Å². The van der Waals surface area contributed by atoms with E-state index in [4.69, 9.17) is 0 Å². The van der Waals surface area contributed by atoms with Crippen LogP contribution in [0.2, 0.25) is 0 Å². The summed E-state index contributed by atoms with van der Waals surface area (Å²) in [6.07, 6.45) is 6.73. The maximum Gasteiger partial charge on any atom is 0.0562 e. The summed E-state index contributed by atoms with van der Waals surface area (Å²) in [5.41, 5.74) is 14.8. The molecule has 0 spiro atoms. The van der Waals surface area contributed by atoms with Crippen LogP contribution in [-0.4, -0.2) is 13.7 Å². The van der Waals surface area contributed by atoms with Crippen molar-refractivity contribution in [1.82, 2.24) is 13.7 Å². The fourth-order valence-electron chi connectivity index (χ4n) is 8.66. The Bertz CT molecular complexity index is 3010. The zero-order chi connectivity index (χ0) is 33.5. The zero-order valence-electron chi connectivity index (χ0n) is 28.0. The van der Waals surface area contributed by atoms with E-state index in [9.17, 15) is 0 Å². The third-order valence-corrected chi connectivity index (χ3v) is 10.9. The van der Waals surface area contributed by atoms with Crippen molar-refractivity contribution in [2.75, 3.05) is 0 Å². The average molecular weight is 652 g/mol. The second kappa shape index (κ2) is 11.0. The molecule has 11 rings (SSSR count). The maximum absolute atomic E-state index is 2.48. The molecular formula is C48H33N3. The summed E-state index contributed by atoms with van der Waals surface area (Å²) in [5.74, 6) is 0. The van der Waals surface area contributed by atoms with Gasteiger partial charge in [-0.15, -0.1) is 0 Å². The minimum Gasteiger partial charge on any atom is -0.310 e. The van der Waals surface area contributed by atoms with E-state index in [0.29, 0.717) is 0 Å². The molecule has 10 aromatic rings. The van der Waals surface area contributed by atoms with Gasteiger partial charge in [-0.25, -0.2) is 0 Å². The molecule has 51 heavy (non-hydrogen) atoms. The lowest BCUT2D eigenvalue weighted by molar-refractivity contribution is 0.967. The van der Waals surface area contributed by atoms with Crippen molar-refractivity contribution >= 4 is 60.6 Å². The lowest BCUT2D eigenvalue weighted by atomic mass is 10.0. The Morgan fingerprint density at radius 3 is 1.69 bits per heavy atom. The van der Waals surface area contributed by atoms with E-state index in [1.165, 1.54) is 94.0 Å². The number of aromatic nitrogens is 3. The largest absolute Gasteiger partial charge is 0.310 e. The van der Waals surface area contributed by atoms with Crippen LogP contribution >= 0.6 is 0 Å². The minimum absolute atomic E-state index is 1.03. The van der Waals surface area contributed by atoms with Gasteiger partial charge in [0.25, 0.3) is 0 Å². The molecule has 3 aromatic heterocycles. The SMILES string of the molecule is C1=Cc2c(c3cc(-n4c5ccccc5c5cc6c7ccccc7n(-c7ccccc7)c6cc54)ccc3n2-c2cccc(-c3ccccc3)c2)CC1. The quantitative estimate of drug-likeness (QED) is 0.180. The van der Waals surface area contributed by atoms with Crippen LogP contribution in [0.5, 0.6) is 0 Å². The van der Waals surface area contributed by atoms with Crippen molar-refractivity contribution in [2.45, 2.75) is 12.8 Å². The van der Waals surface area contributed by atoms with E-state index < -0.39 is 0 Å². The lowest BCUT2D eigenvalue weighted by Gasteiger charge is -2.13. The Balaban J connectivity index is 1.18. The Labute approximate surface area is 295 Å². The molecule has 0 saturated carbocycles. The molecule has 0 N–H and O–H groups in total. The van der Waals surface area contributed by atoms with E-state index in [1.54, 1.807) is 0 Å². The molecule has 240 valence electrons. The Kier molecular flexibility index (Phi) is 6.08. The Hall–Kier alpha value is -6.58. The predicted molar refractivity (Wildman–Crippen MR) is 215 cm³/mol. The van der Waals surface area contributed by atoms with Crippen LogP contribution in [-0.2, 0) is 6.42 Å². The highest BCUT2D eigenvalue weighted by Gasteiger charge is 2.22. The van der Waals surface area contributed by atoms with Crippen molar-refractivity contribution in [1.29, 1.82) is 0 Å². The second-order valence-electron chi connectivity index (χ2n) is 13.7. The number of aryl methyl sites for hydroxylation is 1. The smallest absolute Gasteiger partial charge is 0.0562 e. The summed E-state index contributed by atoms with van der Waals surface area (Å²) in [7, 11) is 0. The molecule has 0 radical (unpaired) electrons. The van der Waals surface area contributed by atoms with E-state index in [0.717, 1.165) is 12.8 Å². The normalized spacial score (nSPS) is 12.9. The van der Waals surface area contributed by atoms with Crippen LogP contribution in [0.15, 0.2) is 170 Å². The van der Waals surface area contributed by atoms with Crippen molar-refractivity contribution < 1.29 is 0 Å². The summed E-state index contributed by atoms with van der Waals surface area (Å²) >= 11 is 0. The third kappa shape index (κ3) is 4.18. The van der Waals surface area contributed by atoms with Gasteiger partial charge < -0.3 is 13.7 Å². The minimum atomic E-state index is 1.03. The lowest BCUT2D eigenvalue weighted by Crippen LogP contribution is -2.00. The Morgan fingerprint density at radius 2 is 0.941 bits per heavy atom. The summed E-state index contributed by atoms with van der Waals surface area (Å²) in [6.45, 7) is 0. The average Bonchev–Trinajstić information content (AvgIpc) is 3.83. The number of hydrogen-bond donors (Lipinski definition) is 0. The highest BCUT2D eigenvalue weighted by Crippen LogP contribution is 2.41. The number of hydrogen-bond acceptors (Lipinski definition) is 0. The molecular weight excluding hydrogens is 619 g/mol. The first-order valence-corrected chi connectivity index (χ1v) is 17.8. The topological polar surface area (TPSA) is 14.8 Å². The molecule has 0 aliphatic heterocycles. The number of para-hydroxylation sites is 3. The molecule has 1 aliphatic rings. The van der Waals surface area contributed by atoms with E-state index in [-0.39, 0.29) is 0 Å². The molecule has 0 amide bonds. The fourth-order valence-corrected chi connectivity index (χ4v) is 8.66. The van der Waals surface area contributed by atoms with Gasteiger partial charge in [0, 0.05) is 49.7 Å².